The Labute approximate surface area is 144 Å². The van der Waals surface area contributed by atoms with Gasteiger partial charge in [0.1, 0.15) is 11.3 Å². The Kier molecular flexibility index (Phi) is 4.81. The van der Waals surface area contributed by atoms with Crippen molar-refractivity contribution in [3.8, 4) is 5.75 Å². The largest absolute Gasteiger partial charge is 0.495 e. The molecule has 3 rings (SSSR count). The minimum atomic E-state index is -1.04. The zero-order valence-electron chi connectivity index (χ0n) is 13.9. The van der Waals surface area contributed by atoms with Gasteiger partial charge >= 0.3 is 5.97 Å². The van der Waals surface area contributed by atoms with Crippen LogP contribution >= 0.6 is 0 Å². The number of H-pyrrole nitrogens is 1. The number of benzene rings is 2. The van der Waals surface area contributed by atoms with Crippen LogP contribution in [0.2, 0.25) is 0 Å². The van der Waals surface area contributed by atoms with Gasteiger partial charge in [0.2, 0.25) is 0 Å². The van der Waals surface area contributed by atoms with Gasteiger partial charge in [-0.05, 0) is 35.4 Å². The lowest BCUT2D eigenvalue weighted by Gasteiger charge is -2.06. The summed E-state index contributed by atoms with van der Waals surface area (Å²) in [7, 11) is 3.11. The predicted molar refractivity (Wildman–Crippen MR) is 95.7 cm³/mol. The molecule has 0 aliphatic carbocycles. The number of nitrogens with one attached hydrogen (secondary N) is 1. The first kappa shape index (κ1) is 16.7. The van der Waals surface area contributed by atoms with Crippen molar-refractivity contribution in [1.29, 1.82) is 0 Å². The molecule has 2 aromatic carbocycles. The number of methoxy groups -OCH3 is 2. The summed E-state index contributed by atoms with van der Waals surface area (Å²) in [6.07, 6.45) is 3.79. The molecule has 0 aliphatic rings. The summed E-state index contributed by atoms with van der Waals surface area (Å²) in [5, 5.41) is 17.1. The Morgan fingerprint density at radius 1 is 1.24 bits per heavy atom. The van der Waals surface area contributed by atoms with E-state index in [4.69, 9.17) is 9.47 Å². The normalized spacial score (nSPS) is 11.3. The third-order valence-electron chi connectivity index (χ3n) is 3.84. The van der Waals surface area contributed by atoms with Crippen LogP contribution in [0.3, 0.4) is 0 Å². The highest BCUT2D eigenvalue weighted by Crippen LogP contribution is 2.32. The molecule has 0 unspecified atom stereocenters. The maximum absolute atomic E-state index is 11.4. The number of nitrogens with zero attached hydrogens (tertiary/aromatic N) is 1. The van der Waals surface area contributed by atoms with Crippen molar-refractivity contribution >= 4 is 29.0 Å². The third-order valence-corrected chi connectivity index (χ3v) is 3.84. The molecule has 0 amide bonds. The van der Waals surface area contributed by atoms with Crippen molar-refractivity contribution in [3.05, 3.63) is 58.8 Å². The molecule has 1 aromatic heterocycles. The van der Waals surface area contributed by atoms with Gasteiger partial charge in [0, 0.05) is 7.11 Å². The smallest absolute Gasteiger partial charge is 0.339 e. The second kappa shape index (κ2) is 7.19. The maximum atomic E-state index is 11.4. The quantitative estimate of drug-likeness (QED) is 0.717. The summed E-state index contributed by atoms with van der Waals surface area (Å²) in [4.78, 5) is 11.4. The zero-order chi connectivity index (χ0) is 17.8. The minimum Gasteiger partial charge on any atom is -0.495 e. The van der Waals surface area contributed by atoms with E-state index in [0.29, 0.717) is 29.0 Å². The van der Waals surface area contributed by atoms with Gasteiger partial charge in [-0.15, -0.1) is 0 Å². The van der Waals surface area contributed by atoms with Crippen molar-refractivity contribution < 1.29 is 19.4 Å². The maximum Gasteiger partial charge on any atom is 0.339 e. The number of ether oxygens (including phenoxy) is 2. The number of rotatable bonds is 6. The first-order chi connectivity index (χ1) is 12.1. The number of carboxylic acid groups (broad SMARTS) is 1. The lowest BCUT2D eigenvalue weighted by molar-refractivity contribution is 0.0693. The number of carboxylic acids is 1. The first-order valence-corrected chi connectivity index (χ1v) is 7.68. The minimum absolute atomic E-state index is 0.105. The Balaban J connectivity index is 2.03. The van der Waals surface area contributed by atoms with E-state index >= 15 is 0 Å². The van der Waals surface area contributed by atoms with Gasteiger partial charge in [-0.2, -0.15) is 5.10 Å². The van der Waals surface area contributed by atoms with Crippen molar-refractivity contribution in [2.45, 2.75) is 6.61 Å². The fraction of sp³-hybridized carbons (Fsp3) is 0.158. The summed E-state index contributed by atoms with van der Waals surface area (Å²) in [6.45, 7) is 0.546. The van der Waals surface area contributed by atoms with Crippen molar-refractivity contribution in [2.75, 3.05) is 14.2 Å². The summed E-state index contributed by atoms with van der Waals surface area (Å²) in [6, 6.07) is 11.1. The molecule has 0 aliphatic heterocycles. The van der Waals surface area contributed by atoms with Gasteiger partial charge in [0.05, 0.1) is 30.3 Å². The van der Waals surface area contributed by atoms with E-state index < -0.39 is 5.97 Å². The molecule has 0 radical (unpaired) electrons. The Bertz CT molecular complexity index is 944. The molecule has 0 bridgehead atoms. The molecule has 1 heterocycles. The molecule has 0 atom stereocenters. The molecule has 6 heteroatoms. The molecule has 128 valence electrons. The van der Waals surface area contributed by atoms with E-state index in [9.17, 15) is 9.90 Å². The summed E-state index contributed by atoms with van der Waals surface area (Å²) >= 11 is 0. The van der Waals surface area contributed by atoms with Crippen molar-refractivity contribution in [1.82, 2.24) is 10.2 Å². The predicted octanol–water partition coefficient (Wildman–Crippen LogP) is 3.59. The highest BCUT2D eigenvalue weighted by Gasteiger charge is 2.17. The third kappa shape index (κ3) is 3.39. The number of hydrogen-bond acceptors (Lipinski definition) is 4. The number of aromatic amines is 1. The van der Waals surface area contributed by atoms with Crippen LogP contribution in [0.1, 0.15) is 27.2 Å². The molecule has 0 saturated carbocycles. The van der Waals surface area contributed by atoms with Gasteiger partial charge in [-0.3, -0.25) is 5.10 Å². The van der Waals surface area contributed by atoms with E-state index in [0.717, 1.165) is 11.1 Å². The molecule has 25 heavy (non-hydrogen) atoms. The van der Waals surface area contributed by atoms with E-state index in [-0.39, 0.29) is 5.56 Å². The van der Waals surface area contributed by atoms with Crippen LogP contribution in [0.15, 0.2) is 36.4 Å². The van der Waals surface area contributed by atoms with Crippen LogP contribution in [0.5, 0.6) is 5.75 Å². The first-order valence-electron chi connectivity index (χ1n) is 7.68. The topological polar surface area (TPSA) is 84.4 Å². The highest BCUT2D eigenvalue weighted by atomic mass is 16.5. The number of carbonyl (C=O) groups is 1. The van der Waals surface area contributed by atoms with Crippen LogP contribution in [0.4, 0.5) is 0 Å². The fourth-order valence-electron chi connectivity index (χ4n) is 2.74. The Morgan fingerprint density at radius 3 is 2.80 bits per heavy atom. The SMILES string of the molecule is COCc1cccc(/C=C/c2[nH]nc3ccc(C(=O)O)c(OC)c23)c1. The molecule has 2 N–H and O–H groups in total. The molecule has 0 spiro atoms. The Morgan fingerprint density at radius 2 is 2.08 bits per heavy atom. The van der Waals surface area contributed by atoms with Crippen LogP contribution < -0.4 is 4.74 Å². The standard InChI is InChI=1S/C19H18N2O4/c1-24-11-13-5-3-4-12(10-13)6-8-15-17-16(21-20-15)9-7-14(19(22)23)18(17)25-2/h3-10H,11H2,1-2H3,(H,20,21)(H,22,23)/b8-6+. The van der Waals surface area contributed by atoms with Crippen LogP contribution in [-0.4, -0.2) is 35.5 Å². The lowest BCUT2D eigenvalue weighted by Crippen LogP contribution is -2.00. The fourth-order valence-corrected chi connectivity index (χ4v) is 2.74. The summed E-state index contributed by atoms with van der Waals surface area (Å²) < 4.78 is 10.5. The number of fused-ring (bicyclic) bond motifs is 1. The summed E-state index contributed by atoms with van der Waals surface area (Å²) in [5.74, 6) is -0.742. The number of aromatic carboxylic acids is 1. The Hall–Kier alpha value is -3.12. The average molecular weight is 338 g/mol. The molecule has 6 nitrogen and oxygen atoms in total. The van der Waals surface area contributed by atoms with Crippen LogP contribution in [0, 0.1) is 0 Å². The van der Waals surface area contributed by atoms with E-state index in [1.807, 2.05) is 36.4 Å². The van der Waals surface area contributed by atoms with Crippen LogP contribution in [0.25, 0.3) is 23.1 Å². The van der Waals surface area contributed by atoms with E-state index in [1.54, 1.807) is 13.2 Å². The molecular weight excluding hydrogens is 320 g/mol. The molecule has 0 saturated heterocycles. The van der Waals surface area contributed by atoms with Crippen molar-refractivity contribution in [2.24, 2.45) is 0 Å². The average Bonchev–Trinajstić information content (AvgIpc) is 3.03. The number of aromatic nitrogens is 2. The zero-order valence-corrected chi connectivity index (χ0v) is 13.9. The van der Waals surface area contributed by atoms with Gasteiger partial charge in [-0.25, -0.2) is 4.79 Å². The second-order valence-electron chi connectivity index (χ2n) is 5.49. The van der Waals surface area contributed by atoms with Gasteiger partial charge in [0.15, 0.2) is 0 Å². The second-order valence-corrected chi connectivity index (χ2v) is 5.49. The van der Waals surface area contributed by atoms with E-state index in [2.05, 4.69) is 10.2 Å². The number of hydrogen-bond donors (Lipinski definition) is 2. The van der Waals surface area contributed by atoms with Gasteiger partial charge < -0.3 is 14.6 Å². The molecule has 3 aromatic rings. The highest BCUT2D eigenvalue weighted by molar-refractivity contribution is 6.02. The molecule has 0 fully saturated rings. The summed E-state index contributed by atoms with van der Waals surface area (Å²) in [5.41, 5.74) is 3.52. The lowest BCUT2D eigenvalue weighted by atomic mass is 10.1. The molecular formula is C19H18N2O4. The van der Waals surface area contributed by atoms with Gasteiger partial charge in [-0.1, -0.05) is 24.3 Å². The van der Waals surface area contributed by atoms with Gasteiger partial charge in [0.25, 0.3) is 0 Å². The monoisotopic (exact) mass is 338 g/mol. The van der Waals surface area contributed by atoms with E-state index in [1.165, 1.54) is 13.2 Å². The van der Waals surface area contributed by atoms with Crippen LogP contribution in [-0.2, 0) is 11.3 Å². The van der Waals surface area contributed by atoms with Crippen molar-refractivity contribution in [3.63, 3.8) is 0 Å².